The summed E-state index contributed by atoms with van der Waals surface area (Å²) in [4.78, 5) is 0. The molecule has 0 fully saturated rings. The number of hydrogen-bond acceptors (Lipinski definition) is 3. The second kappa shape index (κ2) is 7.47. The molecule has 0 radical (unpaired) electrons. The molecule has 0 bridgehead atoms. The van der Waals surface area contributed by atoms with E-state index in [0.717, 1.165) is 24.4 Å². The third kappa shape index (κ3) is 4.34. The van der Waals surface area contributed by atoms with E-state index in [-0.39, 0.29) is 0 Å². The van der Waals surface area contributed by atoms with Crippen molar-refractivity contribution in [1.82, 2.24) is 5.32 Å². The first kappa shape index (κ1) is 15.1. The quantitative estimate of drug-likeness (QED) is 0.880. The molecule has 0 amide bonds. The van der Waals surface area contributed by atoms with E-state index in [1.807, 2.05) is 30.3 Å². The first-order valence-corrected chi connectivity index (χ1v) is 7.15. The summed E-state index contributed by atoms with van der Waals surface area (Å²) in [6.07, 6.45) is 0. The van der Waals surface area contributed by atoms with Crippen molar-refractivity contribution >= 4 is 0 Å². The third-order valence-electron chi connectivity index (χ3n) is 3.26. The summed E-state index contributed by atoms with van der Waals surface area (Å²) in [6, 6.07) is 15.8. The maximum atomic E-state index is 8.79. The fourth-order valence-corrected chi connectivity index (χ4v) is 2.08. The molecule has 0 unspecified atom stereocenters. The van der Waals surface area contributed by atoms with E-state index in [2.05, 4.69) is 37.4 Å². The number of ether oxygens (including phenoxy) is 1. The van der Waals surface area contributed by atoms with Crippen LogP contribution in [0.3, 0.4) is 0 Å². The molecule has 3 nitrogen and oxygen atoms in total. The number of nitrogens with one attached hydrogen (secondary N) is 1. The van der Waals surface area contributed by atoms with Crippen molar-refractivity contribution in [3.05, 3.63) is 64.7 Å². The van der Waals surface area contributed by atoms with Gasteiger partial charge < -0.3 is 10.1 Å². The van der Waals surface area contributed by atoms with Crippen molar-refractivity contribution in [2.75, 3.05) is 6.54 Å². The van der Waals surface area contributed by atoms with Crippen LogP contribution < -0.4 is 10.1 Å². The zero-order valence-corrected chi connectivity index (χ0v) is 12.5. The maximum Gasteiger partial charge on any atom is 0.124 e. The van der Waals surface area contributed by atoms with Crippen LogP contribution in [0.2, 0.25) is 0 Å². The standard InChI is InChI=1S/C18H20N2O/c1-3-20-12-17-10-14(2)4-9-18(17)21-13-16-7-5-15(11-19)6-8-16/h4-10,20H,3,12-13H2,1-2H3. The van der Waals surface area contributed by atoms with Gasteiger partial charge in [-0.1, -0.05) is 36.8 Å². The molecule has 2 aromatic rings. The van der Waals surface area contributed by atoms with Crippen LogP contribution in [-0.4, -0.2) is 6.54 Å². The lowest BCUT2D eigenvalue weighted by Gasteiger charge is -2.13. The number of benzene rings is 2. The zero-order chi connectivity index (χ0) is 15.1. The number of nitriles is 1. The lowest BCUT2D eigenvalue weighted by Crippen LogP contribution is -2.13. The highest BCUT2D eigenvalue weighted by Gasteiger charge is 2.04. The van der Waals surface area contributed by atoms with Gasteiger partial charge in [0, 0.05) is 12.1 Å². The Bertz CT molecular complexity index is 627. The minimum absolute atomic E-state index is 0.508. The van der Waals surface area contributed by atoms with Gasteiger partial charge in [-0.05, 0) is 37.2 Å². The number of nitrogens with zero attached hydrogens (tertiary/aromatic N) is 1. The molecule has 0 saturated carbocycles. The summed E-state index contributed by atoms with van der Waals surface area (Å²) in [5.74, 6) is 0.908. The topological polar surface area (TPSA) is 45.0 Å². The molecule has 0 atom stereocenters. The minimum atomic E-state index is 0.508. The molecule has 0 aliphatic heterocycles. The summed E-state index contributed by atoms with van der Waals surface area (Å²) in [7, 11) is 0. The maximum absolute atomic E-state index is 8.79. The van der Waals surface area contributed by atoms with Crippen molar-refractivity contribution in [1.29, 1.82) is 5.26 Å². The zero-order valence-electron chi connectivity index (χ0n) is 12.5. The summed E-state index contributed by atoms with van der Waals surface area (Å²) >= 11 is 0. The van der Waals surface area contributed by atoms with Gasteiger partial charge in [-0.25, -0.2) is 0 Å². The molecule has 3 heteroatoms. The van der Waals surface area contributed by atoms with E-state index in [9.17, 15) is 0 Å². The van der Waals surface area contributed by atoms with E-state index >= 15 is 0 Å². The summed E-state index contributed by atoms with van der Waals surface area (Å²) in [5.41, 5.74) is 4.13. The van der Waals surface area contributed by atoms with Crippen LogP contribution >= 0.6 is 0 Å². The van der Waals surface area contributed by atoms with Crippen molar-refractivity contribution in [3.8, 4) is 11.8 Å². The fourth-order valence-electron chi connectivity index (χ4n) is 2.08. The SMILES string of the molecule is CCNCc1cc(C)ccc1OCc1ccc(C#N)cc1. The molecule has 0 aliphatic rings. The Kier molecular flexibility index (Phi) is 5.36. The second-order valence-electron chi connectivity index (χ2n) is 4.99. The molecular weight excluding hydrogens is 260 g/mol. The average Bonchev–Trinajstić information content (AvgIpc) is 2.52. The molecule has 0 spiro atoms. The van der Waals surface area contributed by atoms with Gasteiger partial charge in [-0.3, -0.25) is 0 Å². The largest absolute Gasteiger partial charge is 0.489 e. The lowest BCUT2D eigenvalue weighted by molar-refractivity contribution is 0.302. The molecular formula is C18H20N2O. The predicted octanol–water partition coefficient (Wildman–Crippen LogP) is 3.56. The molecule has 1 N–H and O–H groups in total. The highest BCUT2D eigenvalue weighted by Crippen LogP contribution is 2.21. The van der Waals surface area contributed by atoms with Crippen LogP contribution in [0.5, 0.6) is 5.75 Å². The summed E-state index contributed by atoms with van der Waals surface area (Å²) in [6.45, 7) is 6.42. The molecule has 21 heavy (non-hydrogen) atoms. The summed E-state index contributed by atoms with van der Waals surface area (Å²) in [5, 5.41) is 12.1. The molecule has 2 aromatic carbocycles. The summed E-state index contributed by atoms with van der Waals surface area (Å²) < 4.78 is 5.93. The normalized spacial score (nSPS) is 10.1. The molecule has 2 rings (SSSR count). The van der Waals surface area contributed by atoms with E-state index < -0.39 is 0 Å². The van der Waals surface area contributed by atoms with Crippen molar-refractivity contribution < 1.29 is 4.74 Å². The number of hydrogen-bond donors (Lipinski definition) is 1. The number of rotatable bonds is 6. The molecule has 0 aromatic heterocycles. The van der Waals surface area contributed by atoms with Gasteiger partial charge in [0.2, 0.25) is 0 Å². The van der Waals surface area contributed by atoms with E-state index in [1.54, 1.807) is 0 Å². The second-order valence-corrected chi connectivity index (χ2v) is 4.99. The van der Waals surface area contributed by atoms with Gasteiger partial charge in [0.15, 0.2) is 0 Å². The molecule has 0 heterocycles. The fraction of sp³-hybridized carbons (Fsp3) is 0.278. The highest BCUT2D eigenvalue weighted by molar-refractivity contribution is 5.37. The van der Waals surface area contributed by atoms with Crippen molar-refractivity contribution in [2.24, 2.45) is 0 Å². The van der Waals surface area contributed by atoms with Crippen molar-refractivity contribution in [3.63, 3.8) is 0 Å². The van der Waals surface area contributed by atoms with E-state index in [1.165, 1.54) is 11.1 Å². The Labute approximate surface area is 126 Å². The van der Waals surface area contributed by atoms with Gasteiger partial charge >= 0.3 is 0 Å². The monoisotopic (exact) mass is 280 g/mol. The van der Waals surface area contributed by atoms with E-state index in [4.69, 9.17) is 10.00 Å². The first-order chi connectivity index (χ1) is 10.2. The van der Waals surface area contributed by atoms with Crippen LogP contribution in [0.25, 0.3) is 0 Å². The Balaban J connectivity index is 2.06. The predicted molar refractivity (Wildman–Crippen MR) is 84.0 cm³/mol. The Morgan fingerprint density at radius 3 is 2.57 bits per heavy atom. The van der Waals surface area contributed by atoms with E-state index in [0.29, 0.717) is 12.2 Å². The Morgan fingerprint density at radius 2 is 1.90 bits per heavy atom. The lowest BCUT2D eigenvalue weighted by atomic mass is 10.1. The highest BCUT2D eigenvalue weighted by atomic mass is 16.5. The Morgan fingerprint density at radius 1 is 1.14 bits per heavy atom. The van der Waals surface area contributed by atoms with Gasteiger partial charge in [0.1, 0.15) is 12.4 Å². The molecule has 108 valence electrons. The van der Waals surface area contributed by atoms with Crippen LogP contribution in [0, 0.1) is 18.3 Å². The smallest absolute Gasteiger partial charge is 0.124 e. The van der Waals surface area contributed by atoms with Crippen LogP contribution in [0.15, 0.2) is 42.5 Å². The third-order valence-corrected chi connectivity index (χ3v) is 3.26. The number of aryl methyl sites for hydroxylation is 1. The first-order valence-electron chi connectivity index (χ1n) is 7.15. The van der Waals surface area contributed by atoms with Gasteiger partial charge in [-0.15, -0.1) is 0 Å². The molecule has 0 saturated heterocycles. The Hall–Kier alpha value is -2.31. The van der Waals surface area contributed by atoms with Crippen LogP contribution in [0.4, 0.5) is 0 Å². The minimum Gasteiger partial charge on any atom is -0.489 e. The van der Waals surface area contributed by atoms with Crippen molar-refractivity contribution in [2.45, 2.75) is 27.0 Å². The van der Waals surface area contributed by atoms with Gasteiger partial charge in [-0.2, -0.15) is 5.26 Å². The average molecular weight is 280 g/mol. The van der Waals surface area contributed by atoms with Crippen LogP contribution in [0.1, 0.15) is 29.2 Å². The van der Waals surface area contributed by atoms with Crippen LogP contribution in [-0.2, 0) is 13.2 Å². The molecule has 0 aliphatic carbocycles. The van der Waals surface area contributed by atoms with Gasteiger partial charge in [0.25, 0.3) is 0 Å². The van der Waals surface area contributed by atoms with Gasteiger partial charge in [0.05, 0.1) is 11.6 Å².